The maximum Gasteiger partial charge on any atom is 0.225 e. The van der Waals surface area contributed by atoms with Crippen molar-refractivity contribution in [1.82, 2.24) is 14.9 Å². The predicted molar refractivity (Wildman–Crippen MR) is 124 cm³/mol. The quantitative estimate of drug-likeness (QED) is 0.706. The number of hydrogen-bond acceptors (Lipinski definition) is 4. The Labute approximate surface area is 185 Å². The first-order valence-corrected chi connectivity index (χ1v) is 12.0. The molecule has 5 rings (SSSR count). The summed E-state index contributed by atoms with van der Waals surface area (Å²) < 4.78 is 0. The molecule has 0 spiro atoms. The highest BCUT2D eigenvalue weighted by Crippen LogP contribution is 2.40. The number of rotatable bonds is 6. The molecule has 1 aromatic heterocycles. The Morgan fingerprint density at radius 1 is 1.03 bits per heavy atom. The lowest BCUT2D eigenvalue weighted by atomic mass is 9.96. The predicted octanol–water partition coefficient (Wildman–Crippen LogP) is 4.18. The van der Waals surface area contributed by atoms with Crippen LogP contribution in [0.25, 0.3) is 0 Å². The Bertz CT molecular complexity index is 985. The van der Waals surface area contributed by atoms with Crippen molar-refractivity contribution in [1.29, 1.82) is 0 Å². The van der Waals surface area contributed by atoms with Crippen molar-refractivity contribution in [2.24, 2.45) is 5.92 Å². The zero-order valence-electron chi connectivity index (χ0n) is 19.2. The minimum absolute atomic E-state index is 0.304. The van der Waals surface area contributed by atoms with E-state index in [0.717, 1.165) is 63.5 Å². The maximum atomic E-state index is 12.5. The third-order valence-electron chi connectivity index (χ3n) is 7.05. The number of aromatic nitrogens is 2. The van der Waals surface area contributed by atoms with E-state index in [1.807, 2.05) is 0 Å². The summed E-state index contributed by atoms with van der Waals surface area (Å²) in [7, 11) is 0. The summed E-state index contributed by atoms with van der Waals surface area (Å²) in [5, 5.41) is 0. The van der Waals surface area contributed by atoms with Gasteiger partial charge in [-0.3, -0.25) is 4.79 Å². The number of amides is 1. The molecule has 5 nitrogen and oxygen atoms in total. The number of carbonyl (C=O) groups is 1. The molecule has 2 heterocycles. The van der Waals surface area contributed by atoms with Crippen LogP contribution in [0.3, 0.4) is 0 Å². The lowest BCUT2D eigenvalue weighted by Gasteiger charge is -2.37. The molecule has 164 valence electrons. The van der Waals surface area contributed by atoms with Gasteiger partial charge in [-0.25, -0.2) is 9.97 Å². The van der Waals surface area contributed by atoms with Crippen LogP contribution in [-0.2, 0) is 17.6 Å². The second-order valence-corrected chi connectivity index (χ2v) is 9.65. The van der Waals surface area contributed by atoms with Crippen LogP contribution in [0.4, 0.5) is 5.82 Å². The fraction of sp³-hybridized carbons (Fsp3) is 0.577. The van der Waals surface area contributed by atoms with Gasteiger partial charge in [0, 0.05) is 55.7 Å². The first-order valence-electron chi connectivity index (χ1n) is 12.0. The van der Waals surface area contributed by atoms with Crippen LogP contribution in [0.2, 0.25) is 0 Å². The highest BCUT2D eigenvalue weighted by molar-refractivity contribution is 5.81. The van der Waals surface area contributed by atoms with Crippen molar-refractivity contribution in [2.45, 2.75) is 65.2 Å². The molecule has 3 fully saturated rings. The summed E-state index contributed by atoms with van der Waals surface area (Å²) in [4.78, 5) is 27.2. The summed E-state index contributed by atoms with van der Waals surface area (Å²) >= 11 is 0. The Hall–Kier alpha value is -2.43. The molecule has 1 saturated heterocycles. The molecule has 3 aliphatic rings. The molecule has 5 heteroatoms. The average molecular weight is 419 g/mol. The molecule has 31 heavy (non-hydrogen) atoms. The van der Waals surface area contributed by atoms with E-state index in [1.165, 1.54) is 40.8 Å². The second kappa shape index (κ2) is 8.25. The molecule has 0 radical (unpaired) electrons. The zero-order chi connectivity index (χ0) is 21.5. The van der Waals surface area contributed by atoms with Crippen LogP contribution in [0.5, 0.6) is 0 Å². The van der Waals surface area contributed by atoms with Gasteiger partial charge in [0.1, 0.15) is 11.6 Å². The molecule has 2 aliphatic carbocycles. The molecule has 0 bridgehead atoms. The first-order chi connectivity index (χ1) is 15.0. The van der Waals surface area contributed by atoms with Crippen LogP contribution >= 0.6 is 0 Å². The molecular weight excluding hydrogens is 384 g/mol. The van der Waals surface area contributed by atoms with Gasteiger partial charge in [-0.05, 0) is 57.1 Å². The molecule has 0 unspecified atom stereocenters. The molecule has 2 saturated carbocycles. The van der Waals surface area contributed by atoms with Crippen molar-refractivity contribution >= 4 is 11.7 Å². The van der Waals surface area contributed by atoms with E-state index in [-0.39, 0.29) is 0 Å². The number of aryl methyl sites for hydroxylation is 3. The van der Waals surface area contributed by atoms with Crippen LogP contribution < -0.4 is 4.90 Å². The summed E-state index contributed by atoms with van der Waals surface area (Å²) in [6.07, 6.45) is 6.38. The fourth-order valence-corrected chi connectivity index (χ4v) is 4.70. The van der Waals surface area contributed by atoms with E-state index < -0.39 is 0 Å². The molecule has 0 N–H and O–H groups in total. The molecular formula is C26H34N4O. The SMILES string of the molecule is CCc1nc(C2CC2)nc(N2CCN(C(=O)C3CC3)CC2)c1Cc1cc(C)ccc1C. The van der Waals surface area contributed by atoms with E-state index in [9.17, 15) is 4.79 Å². The normalized spacial score (nSPS) is 19.1. The van der Waals surface area contributed by atoms with Gasteiger partial charge in [-0.2, -0.15) is 0 Å². The zero-order valence-corrected chi connectivity index (χ0v) is 19.2. The van der Waals surface area contributed by atoms with E-state index in [2.05, 4.69) is 48.8 Å². The minimum Gasteiger partial charge on any atom is -0.353 e. The monoisotopic (exact) mass is 418 g/mol. The van der Waals surface area contributed by atoms with Gasteiger partial charge in [0.2, 0.25) is 5.91 Å². The number of carbonyl (C=O) groups excluding carboxylic acids is 1. The number of benzene rings is 1. The van der Waals surface area contributed by atoms with E-state index >= 15 is 0 Å². The number of hydrogen-bond donors (Lipinski definition) is 0. The summed E-state index contributed by atoms with van der Waals surface area (Å²) in [6, 6.07) is 6.71. The van der Waals surface area contributed by atoms with Gasteiger partial charge in [0.05, 0.1) is 0 Å². The topological polar surface area (TPSA) is 49.3 Å². The number of anilines is 1. The van der Waals surface area contributed by atoms with E-state index in [4.69, 9.17) is 9.97 Å². The third-order valence-corrected chi connectivity index (χ3v) is 7.05. The maximum absolute atomic E-state index is 12.5. The summed E-state index contributed by atoms with van der Waals surface area (Å²) in [5.41, 5.74) is 6.46. The van der Waals surface area contributed by atoms with Crippen molar-refractivity contribution in [2.75, 3.05) is 31.1 Å². The molecule has 2 aromatic rings. The van der Waals surface area contributed by atoms with Gasteiger partial charge in [0.25, 0.3) is 0 Å². The molecule has 1 amide bonds. The molecule has 1 aliphatic heterocycles. The van der Waals surface area contributed by atoms with E-state index in [1.54, 1.807) is 0 Å². The Balaban J connectivity index is 1.46. The Morgan fingerprint density at radius 2 is 1.77 bits per heavy atom. The van der Waals surface area contributed by atoms with Crippen molar-refractivity contribution in [3.63, 3.8) is 0 Å². The smallest absolute Gasteiger partial charge is 0.225 e. The van der Waals surface area contributed by atoms with Crippen LogP contribution in [0, 0.1) is 19.8 Å². The van der Waals surface area contributed by atoms with Crippen LogP contribution in [0.15, 0.2) is 18.2 Å². The largest absolute Gasteiger partial charge is 0.353 e. The lowest BCUT2D eigenvalue weighted by molar-refractivity contribution is -0.132. The highest BCUT2D eigenvalue weighted by atomic mass is 16.2. The fourth-order valence-electron chi connectivity index (χ4n) is 4.70. The molecule has 0 atom stereocenters. The number of piperazine rings is 1. The van der Waals surface area contributed by atoms with Gasteiger partial charge in [0.15, 0.2) is 0 Å². The van der Waals surface area contributed by atoms with Crippen molar-refractivity contribution in [3.8, 4) is 0 Å². The Morgan fingerprint density at radius 3 is 2.42 bits per heavy atom. The Kier molecular flexibility index (Phi) is 5.45. The number of nitrogens with zero attached hydrogens (tertiary/aromatic N) is 4. The van der Waals surface area contributed by atoms with Crippen LogP contribution in [-0.4, -0.2) is 47.0 Å². The first kappa shape index (κ1) is 20.5. The summed E-state index contributed by atoms with van der Waals surface area (Å²) in [6.45, 7) is 9.91. The van der Waals surface area contributed by atoms with Crippen molar-refractivity contribution < 1.29 is 4.79 Å². The van der Waals surface area contributed by atoms with E-state index in [0.29, 0.717) is 17.7 Å². The van der Waals surface area contributed by atoms with Gasteiger partial charge in [-0.1, -0.05) is 30.7 Å². The lowest BCUT2D eigenvalue weighted by Crippen LogP contribution is -2.49. The minimum atomic E-state index is 0.304. The standard InChI is InChI=1S/C26H34N4O/c1-4-23-22(16-21-15-17(2)5-6-18(21)3)25(28-24(27-23)19-7-8-19)29-11-13-30(14-12-29)26(31)20-9-10-20/h5-6,15,19-20H,4,7-14,16H2,1-3H3. The second-order valence-electron chi connectivity index (χ2n) is 9.65. The highest BCUT2D eigenvalue weighted by Gasteiger charge is 2.35. The van der Waals surface area contributed by atoms with Gasteiger partial charge < -0.3 is 9.80 Å². The van der Waals surface area contributed by atoms with Gasteiger partial charge >= 0.3 is 0 Å². The average Bonchev–Trinajstić information content (AvgIpc) is 3.68. The third kappa shape index (κ3) is 4.32. The summed E-state index contributed by atoms with van der Waals surface area (Å²) in [5.74, 6) is 3.36. The van der Waals surface area contributed by atoms with Crippen molar-refractivity contribution in [3.05, 3.63) is 52.0 Å². The molecule has 1 aromatic carbocycles. The van der Waals surface area contributed by atoms with Crippen LogP contribution in [0.1, 0.15) is 72.3 Å². The van der Waals surface area contributed by atoms with Gasteiger partial charge in [-0.15, -0.1) is 0 Å².